The monoisotopic (exact) mass is 436 g/mol. The van der Waals surface area contributed by atoms with Gasteiger partial charge in [0.15, 0.2) is 0 Å². The van der Waals surface area contributed by atoms with Gasteiger partial charge >= 0.3 is 6.18 Å². The summed E-state index contributed by atoms with van der Waals surface area (Å²) in [7, 11) is 1.58. The Morgan fingerprint density at radius 1 is 1.16 bits per heavy atom. The van der Waals surface area contributed by atoms with Crippen LogP contribution in [0.5, 0.6) is 5.75 Å². The molecule has 1 aliphatic heterocycles. The molecule has 1 N–H and O–H groups in total. The number of likely N-dealkylation sites (tertiary alicyclic amines) is 1. The number of carbonyl (C=O) groups excluding carboxylic acids is 2. The molecule has 0 spiro atoms. The van der Waals surface area contributed by atoms with Crippen molar-refractivity contribution in [2.45, 2.75) is 19.1 Å². The largest absolute Gasteiger partial charge is 0.491 e. The Hall–Kier alpha value is -3.07. The van der Waals surface area contributed by atoms with Gasteiger partial charge in [-0.25, -0.2) is 0 Å². The van der Waals surface area contributed by atoms with Gasteiger partial charge in [-0.15, -0.1) is 0 Å². The van der Waals surface area contributed by atoms with Crippen LogP contribution in [0.1, 0.15) is 17.5 Å². The molecule has 0 bridgehead atoms. The summed E-state index contributed by atoms with van der Waals surface area (Å²) in [5.41, 5.74) is 0.168. The van der Waals surface area contributed by atoms with Crippen LogP contribution in [-0.2, 0) is 27.0 Å². The molecule has 1 saturated heterocycles. The Kier molecular flexibility index (Phi) is 7.17. The zero-order valence-corrected chi connectivity index (χ0v) is 16.9. The fourth-order valence-electron chi connectivity index (χ4n) is 3.29. The number of anilines is 1. The molecule has 2 aromatic carbocycles. The van der Waals surface area contributed by atoms with Crippen LogP contribution < -0.4 is 10.1 Å². The minimum atomic E-state index is -4.45. The van der Waals surface area contributed by atoms with Crippen LogP contribution in [0.25, 0.3) is 0 Å². The first kappa shape index (κ1) is 22.6. The summed E-state index contributed by atoms with van der Waals surface area (Å²) in [6.07, 6.45) is -4.43. The molecule has 1 fully saturated rings. The summed E-state index contributed by atoms with van der Waals surface area (Å²) in [6, 6.07) is 11.7. The van der Waals surface area contributed by atoms with Crippen molar-refractivity contribution in [2.24, 2.45) is 5.92 Å². The Morgan fingerprint density at radius 3 is 2.58 bits per heavy atom. The van der Waals surface area contributed by atoms with Crippen LogP contribution in [-0.4, -0.2) is 43.6 Å². The number of carbonyl (C=O) groups is 2. The zero-order chi connectivity index (χ0) is 22.4. The van der Waals surface area contributed by atoms with Crippen molar-refractivity contribution in [1.82, 2.24) is 4.90 Å². The third-order valence-electron chi connectivity index (χ3n) is 4.89. The highest BCUT2D eigenvalue weighted by Crippen LogP contribution is 2.30. The molecule has 1 heterocycles. The van der Waals surface area contributed by atoms with Crippen LogP contribution in [0.3, 0.4) is 0 Å². The second-order valence-corrected chi connectivity index (χ2v) is 7.23. The van der Waals surface area contributed by atoms with Crippen molar-refractivity contribution in [3.63, 3.8) is 0 Å². The van der Waals surface area contributed by atoms with Crippen LogP contribution in [0.4, 0.5) is 18.9 Å². The van der Waals surface area contributed by atoms with Gasteiger partial charge < -0.3 is 19.7 Å². The average Bonchev–Trinajstić information content (AvgIpc) is 3.09. The third-order valence-corrected chi connectivity index (χ3v) is 4.89. The third kappa shape index (κ3) is 6.21. The molecule has 9 heteroatoms. The summed E-state index contributed by atoms with van der Waals surface area (Å²) in [4.78, 5) is 26.3. The van der Waals surface area contributed by atoms with Gasteiger partial charge in [0.05, 0.1) is 18.1 Å². The molecule has 2 aromatic rings. The van der Waals surface area contributed by atoms with Crippen LogP contribution in [0, 0.1) is 5.92 Å². The molecular formula is C22H23F3N2O4. The summed E-state index contributed by atoms with van der Waals surface area (Å²) in [5.74, 6) is -0.512. The van der Waals surface area contributed by atoms with E-state index in [1.165, 1.54) is 17.0 Å². The van der Waals surface area contributed by atoms with Crippen LogP contribution >= 0.6 is 0 Å². The van der Waals surface area contributed by atoms with Crippen molar-refractivity contribution >= 4 is 17.5 Å². The van der Waals surface area contributed by atoms with Crippen molar-refractivity contribution in [2.75, 3.05) is 32.2 Å². The predicted molar refractivity (Wildman–Crippen MR) is 107 cm³/mol. The van der Waals surface area contributed by atoms with Gasteiger partial charge in [0.1, 0.15) is 12.4 Å². The normalized spacial score (nSPS) is 16.5. The van der Waals surface area contributed by atoms with E-state index in [1.54, 1.807) is 31.4 Å². The minimum absolute atomic E-state index is 0.0169. The first-order valence-electron chi connectivity index (χ1n) is 9.73. The van der Waals surface area contributed by atoms with Gasteiger partial charge in [-0.2, -0.15) is 13.2 Å². The number of rotatable bonds is 8. The highest BCUT2D eigenvalue weighted by Gasteiger charge is 2.35. The van der Waals surface area contributed by atoms with Crippen LogP contribution in [0.15, 0.2) is 48.5 Å². The lowest BCUT2D eigenvalue weighted by Crippen LogP contribution is -2.28. The number of hydrogen-bond acceptors (Lipinski definition) is 4. The maximum Gasteiger partial charge on any atom is 0.416 e. The molecule has 0 radical (unpaired) electrons. The number of hydrogen-bond donors (Lipinski definition) is 1. The lowest BCUT2D eigenvalue weighted by atomic mass is 10.1. The average molecular weight is 436 g/mol. The van der Waals surface area contributed by atoms with Crippen LogP contribution in [0.2, 0.25) is 0 Å². The van der Waals surface area contributed by atoms with Gasteiger partial charge in [0, 0.05) is 32.3 Å². The Labute approximate surface area is 177 Å². The minimum Gasteiger partial charge on any atom is -0.491 e. The lowest BCUT2D eigenvalue weighted by Gasteiger charge is -2.18. The maximum atomic E-state index is 12.9. The summed E-state index contributed by atoms with van der Waals surface area (Å²) < 4.78 is 49.0. The molecule has 31 heavy (non-hydrogen) atoms. The molecule has 6 nitrogen and oxygen atoms in total. The van der Waals surface area contributed by atoms with Gasteiger partial charge in [0.25, 0.3) is 0 Å². The van der Waals surface area contributed by atoms with Gasteiger partial charge in [-0.05, 0) is 42.0 Å². The molecule has 0 saturated carbocycles. The van der Waals surface area contributed by atoms with E-state index in [9.17, 15) is 22.8 Å². The summed E-state index contributed by atoms with van der Waals surface area (Å²) in [6.45, 7) is 1.05. The Balaban J connectivity index is 1.55. The maximum absolute atomic E-state index is 12.9. The molecule has 1 atom stereocenters. The van der Waals surface area contributed by atoms with E-state index in [0.29, 0.717) is 30.2 Å². The number of benzene rings is 2. The number of nitrogens with zero attached hydrogens (tertiary/aromatic N) is 1. The van der Waals surface area contributed by atoms with Crippen molar-refractivity contribution in [1.29, 1.82) is 0 Å². The van der Waals surface area contributed by atoms with Gasteiger partial charge in [-0.1, -0.05) is 12.1 Å². The lowest BCUT2D eigenvalue weighted by molar-refractivity contribution is -0.137. The van der Waals surface area contributed by atoms with E-state index in [4.69, 9.17) is 9.47 Å². The zero-order valence-electron chi connectivity index (χ0n) is 16.9. The molecule has 2 amide bonds. The molecule has 166 valence electrons. The molecule has 0 aliphatic carbocycles. The van der Waals surface area contributed by atoms with E-state index in [2.05, 4.69) is 5.32 Å². The van der Waals surface area contributed by atoms with Gasteiger partial charge in [-0.3, -0.25) is 9.59 Å². The smallest absolute Gasteiger partial charge is 0.416 e. The number of ether oxygens (including phenoxy) is 2. The second-order valence-electron chi connectivity index (χ2n) is 7.23. The highest BCUT2D eigenvalue weighted by atomic mass is 19.4. The summed E-state index contributed by atoms with van der Waals surface area (Å²) >= 11 is 0. The van der Waals surface area contributed by atoms with E-state index >= 15 is 0 Å². The molecule has 1 unspecified atom stereocenters. The van der Waals surface area contributed by atoms with E-state index in [1.807, 2.05) is 0 Å². The van der Waals surface area contributed by atoms with E-state index < -0.39 is 17.7 Å². The van der Waals surface area contributed by atoms with Gasteiger partial charge in [0.2, 0.25) is 11.8 Å². The molecule has 0 aromatic heterocycles. The Bertz CT molecular complexity index is 916. The standard InChI is InChI=1S/C22H23F3N2O4/c1-30-9-10-31-19-7-5-18(6-8-19)26-21(29)16-12-20(28)27(14-16)13-15-3-2-4-17(11-15)22(23,24)25/h2-8,11,16H,9-10,12-14H2,1H3,(H,26,29). The van der Waals surface area contributed by atoms with E-state index in [0.717, 1.165) is 12.1 Å². The number of halogens is 3. The fraction of sp³-hybridized carbons (Fsp3) is 0.364. The van der Waals surface area contributed by atoms with Crippen molar-refractivity contribution in [3.05, 3.63) is 59.7 Å². The number of alkyl halides is 3. The first-order valence-corrected chi connectivity index (χ1v) is 9.73. The predicted octanol–water partition coefficient (Wildman–Crippen LogP) is 3.72. The number of amides is 2. The Morgan fingerprint density at radius 2 is 1.90 bits per heavy atom. The van der Waals surface area contributed by atoms with Crippen molar-refractivity contribution in [3.8, 4) is 5.75 Å². The highest BCUT2D eigenvalue weighted by molar-refractivity contribution is 5.97. The van der Waals surface area contributed by atoms with E-state index in [-0.39, 0.29) is 31.3 Å². The quantitative estimate of drug-likeness (QED) is 0.641. The molecule has 1 aliphatic rings. The fourth-order valence-corrected chi connectivity index (χ4v) is 3.29. The molecular weight excluding hydrogens is 413 g/mol. The van der Waals surface area contributed by atoms with Crippen molar-refractivity contribution < 1.29 is 32.2 Å². The topological polar surface area (TPSA) is 67.9 Å². The number of nitrogens with one attached hydrogen (secondary N) is 1. The second kappa shape index (κ2) is 9.82. The molecule has 3 rings (SSSR count). The summed E-state index contributed by atoms with van der Waals surface area (Å²) in [5, 5.41) is 2.77. The SMILES string of the molecule is COCCOc1ccc(NC(=O)C2CC(=O)N(Cc3cccc(C(F)(F)F)c3)C2)cc1. The number of methoxy groups -OCH3 is 1. The first-order chi connectivity index (χ1) is 14.8.